The molecule has 2 amide bonds. The number of anilines is 1. The summed E-state index contributed by atoms with van der Waals surface area (Å²) >= 11 is 0. The maximum Gasteiger partial charge on any atom is 0.244 e. The number of quaternary nitrogens is 1. The highest BCUT2D eigenvalue weighted by Gasteiger charge is 2.68. The van der Waals surface area contributed by atoms with Gasteiger partial charge in [0.05, 0.1) is 12.2 Å². The highest BCUT2D eigenvalue weighted by atomic mass is 16.2. The third-order valence-corrected chi connectivity index (χ3v) is 7.27. The van der Waals surface area contributed by atoms with Crippen molar-refractivity contribution in [3.05, 3.63) is 65.2 Å². The minimum Gasteiger partial charge on any atom is -0.322 e. The molecule has 5 heteroatoms. The fourth-order valence-corrected chi connectivity index (χ4v) is 5.77. The Morgan fingerprint density at radius 2 is 1.67 bits per heavy atom. The Bertz CT molecular complexity index is 1010. The van der Waals surface area contributed by atoms with E-state index in [1.807, 2.05) is 55.5 Å². The number of imide groups is 1. The lowest BCUT2D eigenvalue weighted by atomic mass is 9.85. The molecule has 0 aromatic heterocycles. The molecule has 30 heavy (non-hydrogen) atoms. The number of ketones is 1. The number of carbonyl (C=O) groups is 3. The Morgan fingerprint density at radius 1 is 1.00 bits per heavy atom. The third-order valence-electron chi connectivity index (χ3n) is 7.27. The lowest BCUT2D eigenvalue weighted by Gasteiger charge is -2.25. The van der Waals surface area contributed by atoms with Gasteiger partial charge in [-0.3, -0.25) is 14.4 Å². The number of nitrogens with zero attached hydrogens (tertiary/aromatic N) is 1. The summed E-state index contributed by atoms with van der Waals surface area (Å²) in [7, 11) is 0. The van der Waals surface area contributed by atoms with Crippen LogP contribution in [-0.2, 0) is 16.0 Å². The van der Waals surface area contributed by atoms with Crippen molar-refractivity contribution in [2.75, 3.05) is 11.4 Å². The molecule has 5 rings (SSSR count). The predicted molar refractivity (Wildman–Crippen MR) is 113 cm³/mol. The maximum absolute atomic E-state index is 13.5. The number of Topliss-reactive ketones (excluding diaryl/α,β-unsaturated/α-hetero) is 1. The van der Waals surface area contributed by atoms with Crippen LogP contribution in [0.3, 0.4) is 0 Å². The first-order valence-corrected chi connectivity index (χ1v) is 10.9. The number of fused-ring (bicyclic) bond motifs is 3. The summed E-state index contributed by atoms with van der Waals surface area (Å²) in [6.07, 6.45) is 2.80. The topological polar surface area (TPSA) is 58.9 Å². The second-order valence-corrected chi connectivity index (χ2v) is 8.87. The van der Waals surface area contributed by atoms with E-state index in [-0.39, 0.29) is 29.6 Å². The van der Waals surface area contributed by atoms with Crippen molar-refractivity contribution in [1.29, 1.82) is 0 Å². The zero-order valence-electron chi connectivity index (χ0n) is 17.4. The monoisotopic (exact) mass is 403 g/mol. The molecule has 154 valence electrons. The van der Waals surface area contributed by atoms with Gasteiger partial charge in [0.2, 0.25) is 17.6 Å². The number of hydrogen-bond acceptors (Lipinski definition) is 3. The molecule has 5 nitrogen and oxygen atoms in total. The van der Waals surface area contributed by atoms with Gasteiger partial charge in [0, 0.05) is 18.4 Å². The molecule has 1 N–H and O–H groups in total. The van der Waals surface area contributed by atoms with Gasteiger partial charge in [0.1, 0.15) is 17.9 Å². The Kier molecular flexibility index (Phi) is 4.58. The highest BCUT2D eigenvalue weighted by molar-refractivity contribution is 6.24. The maximum atomic E-state index is 13.5. The number of benzene rings is 2. The van der Waals surface area contributed by atoms with E-state index in [0.29, 0.717) is 11.3 Å². The van der Waals surface area contributed by atoms with Gasteiger partial charge in [-0.2, -0.15) is 0 Å². The number of nitrogens with one attached hydrogen (secondary N) is 1. The van der Waals surface area contributed by atoms with Crippen molar-refractivity contribution in [1.82, 2.24) is 0 Å². The molecule has 0 bridgehead atoms. The fourth-order valence-electron chi connectivity index (χ4n) is 5.77. The first-order valence-electron chi connectivity index (χ1n) is 10.9. The van der Waals surface area contributed by atoms with Crippen LogP contribution >= 0.6 is 0 Å². The lowest BCUT2D eigenvalue weighted by Crippen LogP contribution is -3.16. The molecule has 0 spiro atoms. The van der Waals surface area contributed by atoms with Crippen molar-refractivity contribution in [3.8, 4) is 0 Å². The average Bonchev–Trinajstić information content (AvgIpc) is 3.40. The summed E-state index contributed by atoms with van der Waals surface area (Å²) in [4.78, 5) is 43.0. The van der Waals surface area contributed by atoms with Gasteiger partial charge in [-0.25, -0.2) is 4.90 Å². The van der Waals surface area contributed by atoms with Crippen LogP contribution < -0.4 is 9.80 Å². The summed E-state index contributed by atoms with van der Waals surface area (Å²) in [6.45, 7) is 4.92. The van der Waals surface area contributed by atoms with Crippen molar-refractivity contribution in [2.24, 2.45) is 11.8 Å². The molecule has 3 aliphatic heterocycles. The van der Waals surface area contributed by atoms with E-state index < -0.39 is 12.0 Å². The lowest BCUT2D eigenvalue weighted by molar-refractivity contribution is -0.915. The van der Waals surface area contributed by atoms with Gasteiger partial charge in [-0.1, -0.05) is 48.9 Å². The molecule has 0 saturated carbocycles. The number of aryl methyl sites for hydroxylation is 2. The van der Waals surface area contributed by atoms with Crippen molar-refractivity contribution < 1.29 is 19.3 Å². The zero-order chi connectivity index (χ0) is 21.0. The number of hydrogen-bond donors (Lipinski definition) is 1. The third kappa shape index (κ3) is 2.76. The summed E-state index contributed by atoms with van der Waals surface area (Å²) in [5, 5.41) is 0. The average molecular weight is 404 g/mol. The van der Waals surface area contributed by atoms with Gasteiger partial charge in [-0.05, 0) is 31.0 Å². The minimum atomic E-state index is -0.558. The van der Waals surface area contributed by atoms with E-state index in [9.17, 15) is 14.4 Å². The van der Waals surface area contributed by atoms with Crippen LogP contribution in [0.4, 0.5) is 5.69 Å². The molecule has 3 saturated heterocycles. The zero-order valence-corrected chi connectivity index (χ0v) is 17.4. The second kappa shape index (κ2) is 7.17. The van der Waals surface area contributed by atoms with E-state index in [4.69, 9.17) is 0 Å². The second-order valence-electron chi connectivity index (χ2n) is 8.87. The van der Waals surface area contributed by atoms with Crippen LogP contribution in [0, 0.1) is 18.8 Å². The Labute approximate surface area is 176 Å². The fraction of sp³-hybridized carbons (Fsp3) is 0.400. The van der Waals surface area contributed by atoms with Gasteiger partial charge in [0.25, 0.3) is 0 Å². The molecular weight excluding hydrogens is 376 g/mol. The number of carbonyl (C=O) groups excluding carboxylic acids is 3. The SMILES string of the molecule is CCc1ccc(N2C(=O)[C@@H]3[C@H](C2=O)[C@@H]2CCC[NH+]2[C@@H]3C(=O)c2ccc(C)cc2)cc1. The van der Waals surface area contributed by atoms with Gasteiger partial charge in [-0.15, -0.1) is 0 Å². The largest absolute Gasteiger partial charge is 0.322 e. The first-order chi connectivity index (χ1) is 14.5. The van der Waals surface area contributed by atoms with Crippen LogP contribution in [0.25, 0.3) is 0 Å². The van der Waals surface area contributed by atoms with Crippen molar-refractivity contribution >= 4 is 23.3 Å². The van der Waals surface area contributed by atoms with Gasteiger partial charge < -0.3 is 4.90 Å². The molecule has 0 aliphatic carbocycles. The number of rotatable bonds is 4. The van der Waals surface area contributed by atoms with Crippen LogP contribution in [0.5, 0.6) is 0 Å². The van der Waals surface area contributed by atoms with E-state index in [2.05, 4.69) is 6.92 Å². The molecule has 0 radical (unpaired) electrons. The molecule has 3 fully saturated rings. The van der Waals surface area contributed by atoms with Crippen LogP contribution in [-0.4, -0.2) is 36.2 Å². The molecular formula is C25H27N2O3+. The van der Waals surface area contributed by atoms with Gasteiger partial charge >= 0.3 is 0 Å². The van der Waals surface area contributed by atoms with Crippen molar-refractivity contribution in [2.45, 2.75) is 45.2 Å². The highest BCUT2D eigenvalue weighted by Crippen LogP contribution is 2.40. The first kappa shape index (κ1) is 19.2. The van der Waals surface area contributed by atoms with Crippen LogP contribution in [0.15, 0.2) is 48.5 Å². The van der Waals surface area contributed by atoms with Crippen LogP contribution in [0.2, 0.25) is 0 Å². The van der Waals surface area contributed by atoms with Gasteiger partial charge in [0.15, 0.2) is 6.04 Å². The van der Waals surface area contributed by atoms with E-state index in [1.54, 1.807) is 0 Å². The normalized spacial score (nSPS) is 29.9. The molecule has 5 atom stereocenters. The van der Waals surface area contributed by atoms with E-state index in [1.165, 1.54) is 4.90 Å². The molecule has 1 unspecified atom stereocenters. The standard InChI is InChI=1S/C25H26N2O3/c1-3-16-8-12-18(13-9-16)27-24(29)20-19-5-4-14-26(19)22(21(20)25(27)30)23(28)17-10-6-15(2)7-11-17/h6-13,19-22H,3-5,14H2,1-2H3/p+1/t19-,20+,21+,22-/m0/s1. The molecule has 2 aromatic rings. The summed E-state index contributed by atoms with van der Waals surface area (Å²) < 4.78 is 0. The quantitative estimate of drug-likeness (QED) is 0.627. The van der Waals surface area contributed by atoms with E-state index in [0.717, 1.165) is 41.8 Å². The number of amides is 2. The minimum absolute atomic E-state index is 0.00580. The molecule has 3 aliphatic rings. The predicted octanol–water partition coefficient (Wildman–Crippen LogP) is 1.98. The van der Waals surface area contributed by atoms with E-state index >= 15 is 0 Å². The molecule has 2 aromatic carbocycles. The van der Waals surface area contributed by atoms with Crippen molar-refractivity contribution in [3.63, 3.8) is 0 Å². The van der Waals surface area contributed by atoms with Crippen LogP contribution in [0.1, 0.15) is 41.3 Å². The smallest absolute Gasteiger partial charge is 0.244 e. The summed E-state index contributed by atoms with van der Waals surface area (Å²) in [5.74, 6) is -1.29. The Hall–Kier alpha value is -2.79. The molecule has 3 heterocycles. The Morgan fingerprint density at radius 3 is 2.33 bits per heavy atom. The Balaban J connectivity index is 1.52. The summed E-state index contributed by atoms with van der Waals surface area (Å²) in [6, 6.07) is 14.8. The summed E-state index contributed by atoms with van der Waals surface area (Å²) in [5.41, 5.74) is 3.51.